The predicted octanol–water partition coefficient (Wildman–Crippen LogP) is 1.01. The number of amides is 1. The average Bonchev–Trinajstić information content (AvgIpc) is 2.71. The van der Waals surface area contributed by atoms with Gasteiger partial charge in [0.15, 0.2) is 5.82 Å². The minimum Gasteiger partial charge on any atom is -0.382 e. The highest BCUT2D eigenvalue weighted by Crippen LogP contribution is 2.33. The SMILES string of the molecule is CCC1CN(C)CCCN1c1snc(N)c1C(=O)NC. The summed E-state index contributed by atoms with van der Waals surface area (Å²) in [7, 11) is 3.77. The smallest absolute Gasteiger partial charge is 0.257 e. The molecule has 6 nitrogen and oxygen atoms in total. The van der Waals surface area contributed by atoms with Gasteiger partial charge in [-0.3, -0.25) is 4.79 Å². The van der Waals surface area contributed by atoms with Crippen molar-refractivity contribution in [3.8, 4) is 0 Å². The van der Waals surface area contributed by atoms with Gasteiger partial charge in [0.25, 0.3) is 5.91 Å². The van der Waals surface area contributed by atoms with Gasteiger partial charge in [0.1, 0.15) is 10.6 Å². The Hall–Kier alpha value is -1.34. The second-order valence-corrected chi connectivity index (χ2v) is 5.95. The topological polar surface area (TPSA) is 74.5 Å². The molecule has 1 aromatic rings. The molecule has 2 heterocycles. The third kappa shape index (κ3) is 2.88. The lowest BCUT2D eigenvalue weighted by atomic mass is 10.1. The first-order chi connectivity index (χ1) is 9.58. The highest BCUT2D eigenvalue weighted by molar-refractivity contribution is 7.11. The summed E-state index contributed by atoms with van der Waals surface area (Å²) in [5.74, 6) is 0.176. The molecule has 20 heavy (non-hydrogen) atoms. The van der Waals surface area contributed by atoms with Crippen molar-refractivity contribution < 1.29 is 4.79 Å². The van der Waals surface area contributed by atoms with Crippen LogP contribution in [0.25, 0.3) is 0 Å². The van der Waals surface area contributed by atoms with Crippen LogP contribution in [0.1, 0.15) is 30.1 Å². The molecular weight excluding hydrogens is 274 g/mol. The van der Waals surface area contributed by atoms with Gasteiger partial charge in [0.2, 0.25) is 0 Å². The first-order valence-corrected chi connectivity index (χ1v) is 7.78. The quantitative estimate of drug-likeness (QED) is 0.871. The molecule has 1 aliphatic rings. The number of nitrogens with one attached hydrogen (secondary N) is 1. The first-order valence-electron chi connectivity index (χ1n) is 7.00. The van der Waals surface area contributed by atoms with Gasteiger partial charge in [-0.05, 0) is 38.0 Å². The van der Waals surface area contributed by atoms with Crippen molar-refractivity contribution >= 4 is 28.3 Å². The van der Waals surface area contributed by atoms with Gasteiger partial charge in [-0.1, -0.05) is 6.92 Å². The zero-order valence-electron chi connectivity index (χ0n) is 12.3. The summed E-state index contributed by atoms with van der Waals surface area (Å²) in [6.45, 7) is 5.20. The van der Waals surface area contributed by atoms with Crippen LogP contribution in [0.3, 0.4) is 0 Å². The van der Waals surface area contributed by atoms with Crippen LogP contribution in [0.2, 0.25) is 0 Å². The average molecular weight is 297 g/mol. The molecule has 1 fully saturated rings. The Labute approximate surface area is 124 Å². The van der Waals surface area contributed by atoms with E-state index in [1.807, 2.05) is 0 Å². The Morgan fingerprint density at radius 2 is 2.30 bits per heavy atom. The second-order valence-electron chi connectivity index (χ2n) is 5.20. The van der Waals surface area contributed by atoms with Crippen LogP contribution in [0.5, 0.6) is 0 Å². The molecule has 1 aliphatic heterocycles. The van der Waals surface area contributed by atoms with E-state index < -0.39 is 0 Å². The number of nitrogens with two attached hydrogens (primary N) is 1. The Morgan fingerprint density at radius 1 is 1.55 bits per heavy atom. The van der Waals surface area contributed by atoms with Crippen LogP contribution in [-0.2, 0) is 0 Å². The van der Waals surface area contributed by atoms with E-state index in [1.54, 1.807) is 7.05 Å². The van der Waals surface area contributed by atoms with Crippen LogP contribution >= 0.6 is 11.5 Å². The highest BCUT2D eigenvalue weighted by Gasteiger charge is 2.29. The normalized spacial score (nSPS) is 20.8. The lowest BCUT2D eigenvalue weighted by Crippen LogP contribution is -2.40. The summed E-state index contributed by atoms with van der Waals surface area (Å²) in [4.78, 5) is 16.7. The fourth-order valence-electron chi connectivity index (χ4n) is 2.69. The number of hydrogen-bond donors (Lipinski definition) is 2. The monoisotopic (exact) mass is 297 g/mol. The van der Waals surface area contributed by atoms with Crippen molar-refractivity contribution in [2.75, 3.05) is 44.4 Å². The molecule has 0 spiro atoms. The zero-order chi connectivity index (χ0) is 14.7. The molecule has 0 bridgehead atoms. The summed E-state index contributed by atoms with van der Waals surface area (Å²) in [5.41, 5.74) is 6.41. The molecule has 0 aromatic carbocycles. The Morgan fingerprint density at radius 3 is 2.95 bits per heavy atom. The van der Waals surface area contributed by atoms with Crippen molar-refractivity contribution in [2.24, 2.45) is 0 Å². The molecule has 7 heteroatoms. The Kier molecular flexibility index (Phi) is 4.82. The van der Waals surface area contributed by atoms with Crippen LogP contribution < -0.4 is 16.0 Å². The number of likely N-dealkylation sites (N-methyl/N-ethyl adjacent to an activating group) is 1. The molecule has 0 radical (unpaired) electrons. The minimum absolute atomic E-state index is 0.154. The van der Waals surface area contributed by atoms with Gasteiger partial charge >= 0.3 is 0 Å². The number of rotatable bonds is 3. The molecule has 1 aromatic heterocycles. The van der Waals surface area contributed by atoms with Crippen molar-refractivity contribution in [1.29, 1.82) is 0 Å². The van der Waals surface area contributed by atoms with E-state index >= 15 is 0 Å². The number of carbonyl (C=O) groups is 1. The van der Waals surface area contributed by atoms with Gasteiger partial charge in [0.05, 0.1) is 0 Å². The van der Waals surface area contributed by atoms with E-state index in [1.165, 1.54) is 11.5 Å². The molecule has 2 rings (SSSR count). The van der Waals surface area contributed by atoms with E-state index in [9.17, 15) is 4.79 Å². The van der Waals surface area contributed by atoms with Gasteiger partial charge in [-0.2, -0.15) is 4.37 Å². The second kappa shape index (κ2) is 6.41. The van der Waals surface area contributed by atoms with Crippen LogP contribution in [0.4, 0.5) is 10.8 Å². The molecule has 1 amide bonds. The largest absolute Gasteiger partial charge is 0.382 e. The fraction of sp³-hybridized carbons (Fsp3) is 0.692. The third-order valence-electron chi connectivity index (χ3n) is 3.79. The lowest BCUT2D eigenvalue weighted by molar-refractivity contribution is 0.0964. The third-order valence-corrected chi connectivity index (χ3v) is 4.69. The summed E-state index contributed by atoms with van der Waals surface area (Å²) in [5, 5.41) is 3.56. The maximum Gasteiger partial charge on any atom is 0.257 e. The molecule has 0 saturated carbocycles. The number of hydrogen-bond acceptors (Lipinski definition) is 6. The molecule has 0 aliphatic carbocycles. The van der Waals surface area contributed by atoms with Crippen molar-refractivity contribution in [2.45, 2.75) is 25.8 Å². The maximum absolute atomic E-state index is 12.0. The van der Waals surface area contributed by atoms with E-state index in [0.29, 0.717) is 17.4 Å². The summed E-state index contributed by atoms with van der Waals surface area (Å²) >= 11 is 1.33. The van der Waals surface area contributed by atoms with E-state index in [2.05, 4.69) is 33.5 Å². The highest BCUT2D eigenvalue weighted by atomic mass is 32.1. The minimum atomic E-state index is -0.154. The van der Waals surface area contributed by atoms with E-state index in [-0.39, 0.29) is 5.91 Å². The summed E-state index contributed by atoms with van der Waals surface area (Å²) < 4.78 is 4.18. The van der Waals surface area contributed by atoms with Crippen molar-refractivity contribution in [3.63, 3.8) is 0 Å². The number of nitrogen functional groups attached to an aromatic ring is 1. The van der Waals surface area contributed by atoms with Crippen LogP contribution in [0.15, 0.2) is 0 Å². The van der Waals surface area contributed by atoms with E-state index in [0.717, 1.165) is 37.5 Å². The summed E-state index contributed by atoms with van der Waals surface area (Å²) in [6.07, 6.45) is 2.12. The number of aromatic nitrogens is 1. The predicted molar refractivity (Wildman–Crippen MR) is 83.5 cm³/mol. The van der Waals surface area contributed by atoms with Crippen molar-refractivity contribution in [3.05, 3.63) is 5.56 Å². The zero-order valence-corrected chi connectivity index (χ0v) is 13.2. The van der Waals surface area contributed by atoms with Crippen LogP contribution in [-0.4, -0.2) is 55.0 Å². The summed E-state index contributed by atoms with van der Waals surface area (Å²) in [6, 6.07) is 0.394. The maximum atomic E-state index is 12.0. The van der Waals surface area contributed by atoms with Crippen LogP contribution in [0, 0.1) is 0 Å². The number of anilines is 2. The molecule has 1 unspecified atom stereocenters. The number of nitrogens with zero attached hydrogens (tertiary/aromatic N) is 3. The standard InChI is InChI=1S/C13H23N5OS/c1-4-9-8-17(3)6-5-7-18(9)13-10(12(19)15-2)11(14)16-20-13/h9H,4-8H2,1-3H3,(H2,14,16)(H,15,19). The van der Waals surface area contributed by atoms with E-state index in [4.69, 9.17) is 5.73 Å². The van der Waals surface area contributed by atoms with Gasteiger partial charge < -0.3 is 20.9 Å². The molecular formula is C13H23N5OS. The fourth-order valence-corrected chi connectivity index (χ4v) is 3.60. The van der Waals surface area contributed by atoms with Gasteiger partial charge in [-0.15, -0.1) is 0 Å². The molecule has 112 valence electrons. The Bertz CT molecular complexity index is 475. The van der Waals surface area contributed by atoms with Gasteiger partial charge in [-0.25, -0.2) is 0 Å². The Balaban J connectivity index is 2.35. The van der Waals surface area contributed by atoms with Gasteiger partial charge in [0, 0.05) is 26.2 Å². The molecule has 1 atom stereocenters. The molecule has 3 N–H and O–H groups in total. The lowest BCUT2D eigenvalue weighted by Gasteiger charge is -2.31. The number of carbonyl (C=O) groups excluding carboxylic acids is 1. The van der Waals surface area contributed by atoms with Crippen molar-refractivity contribution in [1.82, 2.24) is 14.6 Å². The molecule has 1 saturated heterocycles. The first kappa shape index (κ1) is 15.1.